The Morgan fingerprint density at radius 2 is 2.15 bits per heavy atom. The molecular formula is C13H10ClN3O3. The first-order chi connectivity index (χ1) is 9.47. The average Bonchev–Trinajstić information content (AvgIpc) is 2.38. The maximum Gasteiger partial charge on any atom is 0.290 e. The summed E-state index contributed by atoms with van der Waals surface area (Å²) >= 11 is 5.80. The van der Waals surface area contributed by atoms with E-state index >= 15 is 0 Å². The Labute approximate surface area is 119 Å². The number of aryl methyl sites for hydroxylation is 1. The summed E-state index contributed by atoms with van der Waals surface area (Å²) in [5, 5.41) is 13.7. The number of amides is 1. The molecule has 0 radical (unpaired) electrons. The van der Waals surface area contributed by atoms with Gasteiger partial charge >= 0.3 is 0 Å². The van der Waals surface area contributed by atoms with Gasteiger partial charge in [0.05, 0.1) is 4.92 Å². The zero-order chi connectivity index (χ0) is 14.7. The lowest BCUT2D eigenvalue weighted by atomic mass is 10.2. The number of nitro groups is 1. The normalized spacial score (nSPS) is 10.1. The fraction of sp³-hybridized carbons (Fsp3) is 0.0769. The molecule has 0 aliphatic carbocycles. The third-order valence-electron chi connectivity index (χ3n) is 2.61. The number of rotatable bonds is 3. The van der Waals surface area contributed by atoms with Crippen LogP contribution in [0.2, 0.25) is 5.02 Å². The van der Waals surface area contributed by atoms with Crippen LogP contribution >= 0.6 is 11.6 Å². The molecule has 1 amide bonds. The van der Waals surface area contributed by atoms with E-state index in [4.69, 9.17) is 11.6 Å². The Morgan fingerprint density at radius 3 is 2.75 bits per heavy atom. The summed E-state index contributed by atoms with van der Waals surface area (Å²) in [6.07, 6.45) is 1.11. The van der Waals surface area contributed by atoms with E-state index in [0.717, 1.165) is 6.20 Å². The molecule has 2 rings (SSSR count). The van der Waals surface area contributed by atoms with Gasteiger partial charge in [0, 0.05) is 16.1 Å². The summed E-state index contributed by atoms with van der Waals surface area (Å²) in [6.45, 7) is 1.58. The second-order valence-electron chi connectivity index (χ2n) is 4.08. The lowest BCUT2D eigenvalue weighted by Gasteiger charge is -2.05. The SMILES string of the molecule is Cc1cc(NC(=O)c2cccc(Cl)c2)ncc1[N+](=O)[O-]. The Bertz CT molecular complexity index is 688. The van der Waals surface area contributed by atoms with Crippen LogP contribution in [0.15, 0.2) is 36.5 Å². The Hall–Kier alpha value is -2.47. The highest BCUT2D eigenvalue weighted by Gasteiger charge is 2.13. The third-order valence-corrected chi connectivity index (χ3v) is 2.84. The molecule has 0 bridgehead atoms. The van der Waals surface area contributed by atoms with Crippen molar-refractivity contribution in [2.75, 3.05) is 5.32 Å². The number of nitrogens with zero attached hydrogens (tertiary/aromatic N) is 2. The maximum absolute atomic E-state index is 12.0. The van der Waals surface area contributed by atoms with Crippen molar-refractivity contribution in [3.63, 3.8) is 0 Å². The lowest BCUT2D eigenvalue weighted by Crippen LogP contribution is -2.13. The number of hydrogen-bond acceptors (Lipinski definition) is 4. The summed E-state index contributed by atoms with van der Waals surface area (Å²) in [7, 11) is 0. The fourth-order valence-corrected chi connectivity index (χ4v) is 1.82. The molecule has 0 saturated carbocycles. The first kappa shape index (κ1) is 14.0. The second kappa shape index (κ2) is 5.66. The Kier molecular flexibility index (Phi) is 3.95. The largest absolute Gasteiger partial charge is 0.307 e. The summed E-state index contributed by atoms with van der Waals surface area (Å²) in [4.78, 5) is 25.9. The molecule has 0 atom stereocenters. The highest BCUT2D eigenvalue weighted by molar-refractivity contribution is 6.31. The number of benzene rings is 1. The molecule has 1 N–H and O–H groups in total. The number of hydrogen-bond donors (Lipinski definition) is 1. The van der Waals surface area contributed by atoms with Crippen molar-refractivity contribution in [1.29, 1.82) is 0 Å². The predicted octanol–water partition coefficient (Wildman–Crippen LogP) is 3.20. The van der Waals surface area contributed by atoms with Crippen molar-refractivity contribution in [1.82, 2.24) is 4.98 Å². The number of anilines is 1. The number of pyridine rings is 1. The minimum absolute atomic E-state index is 0.0919. The van der Waals surface area contributed by atoms with Crippen molar-refractivity contribution >= 4 is 29.0 Å². The van der Waals surface area contributed by atoms with Gasteiger partial charge in [0.2, 0.25) is 0 Å². The van der Waals surface area contributed by atoms with Gasteiger partial charge in [-0.25, -0.2) is 4.98 Å². The first-order valence-corrected chi connectivity index (χ1v) is 6.03. The molecule has 0 aliphatic heterocycles. The summed E-state index contributed by atoms with van der Waals surface area (Å²) < 4.78 is 0. The molecule has 0 fully saturated rings. The van der Waals surface area contributed by atoms with E-state index in [1.165, 1.54) is 12.1 Å². The minimum Gasteiger partial charge on any atom is -0.307 e. The third kappa shape index (κ3) is 3.10. The van der Waals surface area contributed by atoms with Crippen molar-refractivity contribution < 1.29 is 9.72 Å². The molecule has 0 aliphatic rings. The fourth-order valence-electron chi connectivity index (χ4n) is 1.63. The van der Waals surface area contributed by atoms with Gasteiger partial charge in [-0.05, 0) is 31.2 Å². The van der Waals surface area contributed by atoms with E-state index < -0.39 is 4.92 Å². The number of halogens is 1. The molecule has 1 heterocycles. The van der Waals surface area contributed by atoms with Gasteiger partial charge in [-0.3, -0.25) is 14.9 Å². The van der Waals surface area contributed by atoms with E-state index in [1.54, 1.807) is 25.1 Å². The zero-order valence-electron chi connectivity index (χ0n) is 10.5. The molecule has 102 valence electrons. The molecular weight excluding hydrogens is 282 g/mol. The van der Waals surface area contributed by atoms with Crippen LogP contribution < -0.4 is 5.32 Å². The lowest BCUT2D eigenvalue weighted by molar-refractivity contribution is -0.385. The Balaban J connectivity index is 2.20. The van der Waals surface area contributed by atoms with Crippen LogP contribution in [0, 0.1) is 17.0 Å². The van der Waals surface area contributed by atoms with Gasteiger partial charge in [-0.1, -0.05) is 17.7 Å². The quantitative estimate of drug-likeness (QED) is 0.695. The molecule has 2 aromatic rings. The van der Waals surface area contributed by atoms with Crippen LogP contribution in [0.25, 0.3) is 0 Å². The highest BCUT2D eigenvalue weighted by atomic mass is 35.5. The van der Waals surface area contributed by atoms with Crippen molar-refractivity contribution in [2.45, 2.75) is 6.92 Å². The minimum atomic E-state index is -0.523. The maximum atomic E-state index is 12.0. The van der Waals surface area contributed by atoms with E-state index in [0.29, 0.717) is 16.1 Å². The molecule has 1 aromatic carbocycles. The molecule has 6 nitrogen and oxygen atoms in total. The highest BCUT2D eigenvalue weighted by Crippen LogP contribution is 2.19. The smallest absolute Gasteiger partial charge is 0.290 e. The van der Waals surface area contributed by atoms with Gasteiger partial charge in [-0.2, -0.15) is 0 Å². The molecule has 0 unspecified atom stereocenters. The van der Waals surface area contributed by atoms with Gasteiger partial charge in [0.15, 0.2) is 0 Å². The molecule has 20 heavy (non-hydrogen) atoms. The molecule has 1 aromatic heterocycles. The van der Waals surface area contributed by atoms with Crippen LogP contribution in [0.5, 0.6) is 0 Å². The van der Waals surface area contributed by atoms with Gasteiger partial charge in [0.25, 0.3) is 11.6 Å². The number of carbonyl (C=O) groups excluding carboxylic acids is 1. The van der Waals surface area contributed by atoms with E-state index in [1.807, 2.05) is 0 Å². The molecule has 0 spiro atoms. The topological polar surface area (TPSA) is 85.1 Å². The van der Waals surface area contributed by atoms with Gasteiger partial charge in [-0.15, -0.1) is 0 Å². The van der Waals surface area contributed by atoms with E-state index in [-0.39, 0.29) is 17.4 Å². The van der Waals surface area contributed by atoms with Crippen molar-refractivity contribution in [3.05, 3.63) is 62.8 Å². The predicted molar refractivity (Wildman–Crippen MR) is 75.0 cm³/mol. The first-order valence-electron chi connectivity index (χ1n) is 5.65. The number of carbonyl (C=O) groups is 1. The summed E-state index contributed by atoms with van der Waals surface area (Å²) in [5.41, 5.74) is 0.715. The van der Waals surface area contributed by atoms with Crippen LogP contribution in [-0.2, 0) is 0 Å². The second-order valence-corrected chi connectivity index (χ2v) is 4.51. The zero-order valence-corrected chi connectivity index (χ0v) is 11.2. The standard InChI is InChI=1S/C13H10ClN3O3/c1-8-5-12(15-7-11(8)17(19)20)16-13(18)9-3-2-4-10(14)6-9/h2-7H,1H3,(H,15,16,18). The van der Waals surface area contributed by atoms with Crippen LogP contribution in [-0.4, -0.2) is 15.8 Å². The molecule has 7 heteroatoms. The van der Waals surface area contributed by atoms with Gasteiger partial charge in [0.1, 0.15) is 12.0 Å². The van der Waals surface area contributed by atoms with E-state index in [2.05, 4.69) is 10.3 Å². The van der Waals surface area contributed by atoms with Crippen LogP contribution in [0.4, 0.5) is 11.5 Å². The summed E-state index contributed by atoms with van der Waals surface area (Å²) in [6, 6.07) is 7.90. The van der Waals surface area contributed by atoms with Crippen molar-refractivity contribution in [3.8, 4) is 0 Å². The van der Waals surface area contributed by atoms with Crippen molar-refractivity contribution in [2.24, 2.45) is 0 Å². The average molecular weight is 292 g/mol. The van der Waals surface area contributed by atoms with Gasteiger partial charge < -0.3 is 5.32 Å². The number of aromatic nitrogens is 1. The van der Waals surface area contributed by atoms with E-state index in [9.17, 15) is 14.9 Å². The number of nitrogens with one attached hydrogen (secondary N) is 1. The monoisotopic (exact) mass is 291 g/mol. The van der Waals surface area contributed by atoms with Crippen LogP contribution in [0.3, 0.4) is 0 Å². The molecule has 0 saturated heterocycles. The Morgan fingerprint density at radius 1 is 1.40 bits per heavy atom. The van der Waals surface area contributed by atoms with Crippen LogP contribution in [0.1, 0.15) is 15.9 Å². The summed E-state index contributed by atoms with van der Waals surface area (Å²) in [5.74, 6) is -0.133.